The molecule has 25 heavy (non-hydrogen) atoms. The molecule has 1 aromatic carbocycles. The molecule has 0 radical (unpaired) electrons. The summed E-state index contributed by atoms with van der Waals surface area (Å²) >= 11 is 0. The van der Waals surface area contributed by atoms with Crippen LogP contribution in [0, 0.1) is 11.8 Å². The maximum Gasteiger partial charge on any atom is 0.227 e. The van der Waals surface area contributed by atoms with Crippen LogP contribution in [-0.4, -0.2) is 11.8 Å². The Morgan fingerprint density at radius 3 is 1.84 bits per heavy atom. The maximum absolute atomic E-state index is 12.3. The van der Waals surface area contributed by atoms with Gasteiger partial charge in [0.1, 0.15) is 0 Å². The predicted octanol–water partition coefficient (Wildman–Crippen LogP) is 4.40. The Bertz CT molecular complexity index is 570. The highest BCUT2D eigenvalue weighted by atomic mass is 16.2. The highest BCUT2D eigenvalue weighted by molar-refractivity contribution is 5.92. The van der Waals surface area contributed by atoms with E-state index in [0.717, 1.165) is 49.8 Å². The van der Waals surface area contributed by atoms with Crippen molar-refractivity contribution >= 4 is 17.5 Å². The van der Waals surface area contributed by atoms with Gasteiger partial charge < -0.3 is 10.6 Å². The minimum absolute atomic E-state index is 0.151. The Morgan fingerprint density at radius 1 is 0.760 bits per heavy atom. The zero-order chi connectivity index (χ0) is 17.5. The summed E-state index contributed by atoms with van der Waals surface area (Å²) in [5.41, 5.74) is 1.91. The van der Waals surface area contributed by atoms with Crippen LogP contribution < -0.4 is 10.6 Å². The molecule has 2 amide bonds. The standard InChI is InChI=1S/C21H30N2O2/c24-20(17-7-3-1-4-8-17)22-15-16-11-13-19(14-12-16)23-21(25)18-9-5-2-6-10-18/h11-14,17-18H,1-10,15H2,(H,22,24)(H,23,25). The summed E-state index contributed by atoms with van der Waals surface area (Å²) in [6.07, 6.45) is 11.3. The van der Waals surface area contributed by atoms with E-state index in [1.807, 2.05) is 24.3 Å². The molecule has 2 fully saturated rings. The van der Waals surface area contributed by atoms with Crippen LogP contribution in [0.5, 0.6) is 0 Å². The summed E-state index contributed by atoms with van der Waals surface area (Å²) in [5, 5.41) is 6.08. The molecule has 0 heterocycles. The fourth-order valence-corrected chi connectivity index (χ4v) is 4.01. The van der Waals surface area contributed by atoms with Gasteiger partial charge in [0.15, 0.2) is 0 Å². The summed E-state index contributed by atoms with van der Waals surface area (Å²) in [7, 11) is 0. The van der Waals surface area contributed by atoms with Gasteiger partial charge in [-0.25, -0.2) is 0 Å². The average molecular weight is 342 g/mol. The molecule has 136 valence electrons. The average Bonchev–Trinajstić information content (AvgIpc) is 2.68. The number of benzene rings is 1. The summed E-state index contributed by atoms with van der Waals surface area (Å²) in [6, 6.07) is 7.83. The molecule has 2 aliphatic carbocycles. The van der Waals surface area contributed by atoms with Crippen molar-refractivity contribution in [2.24, 2.45) is 11.8 Å². The smallest absolute Gasteiger partial charge is 0.227 e. The molecule has 2 aliphatic rings. The third-order valence-corrected chi connectivity index (χ3v) is 5.64. The molecule has 0 bridgehead atoms. The summed E-state index contributed by atoms with van der Waals surface area (Å²) in [4.78, 5) is 24.5. The maximum atomic E-state index is 12.3. The fraction of sp³-hybridized carbons (Fsp3) is 0.619. The molecule has 0 unspecified atom stereocenters. The third kappa shape index (κ3) is 5.32. The van der Waals surface area contributed by atoms with Gasteiger partial charge in [0, 0.05) is 24.1 Å². The van der Waals surface area contributed by atoms with Crippen molar-refractivity contribution in [2.75, 3.05) is 5.32 Å². The summed E-state index contributed by atoms with van der Waals surface area (Å²) < 4.78 is 0. The van der Waals surface area contributed by atoms with Crippen LogP contribution in [0.15, 0.2) is 24.3 Å². The second-order valence-electron chi connectivity index (χ2n) is 7.57. The molecular formula is C21H30N2O2. The first-order valence-electron chi connectivity index (χ1n) is 9.90. The lowest BCUT2D eigenvalue weighted by Gasteiger charge is -2.21. The second kappa shape index (κ2) is 9.02. The van der Waals surface area contributed by atoms with Crippen molar-refractivity contribution in [2.45, 2.75) is 70.8 Å². The van der Waals surface area contributed by atoms with Crippen molar-refractivity contribution in [3.05, 3.63) is 29.8 Å². The van der Waals surface area contributed by atoms with Gasteiger partial charge in [-0.1, -0.05) is 50.7 Å². The van der Waals surface area contributed by atoms with Crippen LogP contribution in [0.3, 0.4) is 0 Å². The summed E-state index contributed by atoms with van der Waals surface area (Å²) in [6.45, 7) is 0.562. The van der Waals surface area contributed by atoms with Gasteiger partial charge in [-0.15, -0.1) is 0 Å². The first kappa shape index (κ1) is 18.0. The molecule has 4 heteroatoms. The second-order valence-corrected chi connectivity index (χ2v) is 7.57. The highest BCUT2D eigenvalue weighted by Crippen LogP contribution is 2.25. The lowest BCUT2D eigenvalue weighted by Crippen LogP contribution is -2.31. The predicted molar refractivity (Wildman–Crippen MR) is 100 cm³/mol. The number of carbonyl (C=O) groups excluding carboxylic acids is 2. The van der Waals surface area contributed by atoms with E-state index >= 15 is 0 Å². The van der Waals surface area contributed by atoms with Crippen molar-refractivity contribution < 1.29 is 9.59 Å². The fourth-order valence-electron chi connectivity index (χ4n) is 4.01. The van der Waals surface area contributed by atoms with Gasteiger partial charge in [0.25, 0.3) is 0 Å². The van der Waals surface area contributed by atoms with E-state index in [1.165, 1.54) is 25.7 Å². The van der Waals surface area contributed by atoms with Gasteiger partial charge >= 0.3 is 0 Å². The number of anilines is 1. The van der Waals surface area contributed by atoms with E-state index in [-0.39, 0.29) is 23.7 Å². The lowest BCUT2D eigenvalue weighted by molar-refractivity contribution is -0.126. The largest absolute Gasteiger partial charge is 0.352 e. The lowest BCUT2D eigenvalue weighted by atomic mass is 9.88. The van der Waals surface area contributed by atoms with Crippen LogP contribution in [0.1, 0.15) is 69.8 Å². The van der Waals surface area contributed by atoms with Gasteiger partial charge in [-0.3, -0.25) is 9.59 Å². The number of rotatable bonds is 5. The molecule has 4 nitrogen and oxygen atoms in total. The molecular weight excluding hydrogens is 312 g/mol. The van der Waals surface area contributed by atoms with E-state index in [4.69, 9.17) is 0 Å². The van der Waals surface area contributed by atoms with Crippen molar-refractivity contribution in [3.8, 4) is 0 Å². The van der Waals surface area contributed by atoms with E-state index in [0.29, 0.717) is 6.54 Å². The summed E-state index contributed by atoms with van der Waals surface area (Å²) in [5.74, 6) is 0.707. The van der Waals surface area contributed by atoms with Gasteiger partial charge in [0.2, 0.25) is 11.8 Å². The van der Waals surface area contributed by atoms with Gasteiger partial charge in [0.05, 0.1) is 0 Å². The molecule has 0 aliphatic heterocycles. The normalized spacial score (nSPS) is 19.4. The minimum atomic E-state index is 0.151. The molecule has 3 rings (SSSR count). The quantitative estimate of drug-likeness (QED) is 0.833. The monoisotopic (exact) mass is 342 g/mol. The van der Waals surface area contributed by atoms with Crippen LogP contribution in [0.4, 0.5) is 5.69 Å². The van der Waals surface area contributed by atoms with Gasteiger partial charge in [-0.05, 0) is 43.4 Å². The topological polar surface area (TPSA) is 58.2 Å². The highest BCUT2D eigenvalue weighted by Gasteiger charge is 2.21. The zero-order valence-electron chi connectivity index (χ0n) is 15.1. The van der Waals surface area contributed by atoms with Crippen molar-refractivity contribution in [3.63, 3.8) is 0 Å². The number of hydrogen-bond donors (Lipinski definition) is 2. The molecule has 0 aromatic heterocycles. The molecule has 2 saturated carbocycles. The van der Waals surface area contributed by atoms with Crippen molar-refractivity contribution in [1.29, 1.82) is 0 Å². The first-order valence-corrected chi connectivity index (χ1v) is 9.90. The number of amides is 2. The Hall–Kier alpha value is -1.84. The SMILES string of the molecule is O=C(NCc1ccc(NC(=O)C2CCCCC2)cc1)C1CCCCC1. The molecule has 0 atom stereocenters. The molecule has 0 spiro atoms. The van der Waals surface area contributed by atoms with Crippen LogP contribution in [-0.2, 0) is 16.1 Å². The third-order valence-electron chi connectivity index (χ3n) is 5.64. The number of hydrogen-bond acceptors (Lipinski definition) is 2. The Labute approximate surface area is 150 Å². The molecule has 0 saturated heterocycles. The number of carbonyl (C=O) groups is 2. The van der Waals surface area contributed by atoms with E-state index in [2.05, 4.69) is 10.6 Å². The molecule has 2 N–H and O–H groups in total. The van der Waals surface area contributed by atoms with Crippen LogP contribution >= 0.6 is 0 Å². The van der Waals surface area contributed by atoms with Crippen molar-refractivity contribution in [1.82, 2.24) is 5.32 Å². The van der Waals surface area contributed by atoms with E-state index in [1.54, 1.807) is 0 Å². The molecule has 1 aromatic rings. The Morgan fingerprint density at radius 2 is 1.28 bits per heavy atom. The van der Waals surface area contributed by atoms with E-state index < -0.39 is 0 Å². The van der Waals surface area contributed by atoms with Crippen LogP contribution in [0.2, 0.25) is 0 Å². The Kier molecular flexibility index (Phi) is 6.48. The van der Waals surface area contributed by atoms with E-state index in [9.17, 15) is 9.59 Å². The minimum Gasteiger partial charge on any atom is -0.352 e. The van der Waals surface area contributed by atoms with Crippen LogP contribution in [0.25, 0.3) is 0 Å². The van der Waals surface area contributed by atoms with Gasteiger partial charge in [-0.2, -0.15) is 0 Å². The Balaban J connectivity index is 1.45. The number of nitrogens with one attached hydrogen (secondary N) is 2. The first-order chi connectivity index (χ1) is 12.2. The zero-order valence-corrected chi connectivity index (χ0v) is 15.1.